The van der Waals surface area contributed by atoms with Crippen molar-refractivity contribution in [1.82, 2.24) is 15.1 Å². The molecule has 18 heavy (non-hydrogen) atoms. The average Bonchev–Trinajstić information content (AvgIpc) is 2.82. The first-order valence-electron chi connectivity index (χ1n) is 6.59. The predicted molar refractivity (Wildman–Crippen MR) is 73.1 cm³/mol. The molecule has 0 saturated carbocycles. The molecule has 1 N–H and O–H groups in total. The zero-order valence-corrected chi connectivity index (χ0v) is 10.9. The highest BCUT2D eigenvalue weighted by molar-refractivity contribution is 5.59. The zero-order valence-electron chi connectivity index (χ0n) is 10.9. The molecule has 3 rings (SSSR count). The van der Waals surface area contributed by atoms with Gasteiger partial charge in [-0.05, 0) is 12.0 Å². The summed E-state index contributed by atoms with van der Waals surface area (Å²) in [5.74, 6) is 0.641. The van der Waals surface area contributed by atoms with Gasteiger partial charge < -0.3 is 5.32 Å². The maximum atomic E-state index is 4.73. The Balaban J connectivity index is 1.90. The van der Waals surface area contributed by atoms with Crippen LogP contribution in [0.3, 0.4) is 0 Å². The third-order valence-corrected chi connectivity index (χ3v) is 3.65. The lowest BCUT2D eigenvalue weighted by atomic mass is 10.0. The molecule has 0 fully saturated rings. The minimum atomic E-state index is 0.529. The van der Waals surface area contributed by atoms with Crippen molar-refractivity contribution < 1.29 is 0 Å². The number of hydrogen-bond donors (Lipinski definition) is 1. The van der Waals surface area contributed by atoms with Crippen molar-refractivity contribution in [2.75, 3.05) is 0 Å². The van der Waals surface area contributed by atoms with Crippen LogP contribution in [-0.2, 0) is 13.1 Å². The monoisotopic (exact) mass is 241 g/mol. The molecule has 3 nitrogen and oxygen atoms in total. The molecule has 2 heterocycles. The molecule has 0 radical (unpaired) electrons. The summed E-state index contributed by atoms with van der Waals surface area (Å²) in [6.45, 7) is 6.40. The first-order chi connectivity index (χ1) is 8.74. The summed E-state index contributed by atoms with van der Waals surface area (Å²) in [6, 6.07) is 13.1. The van der Waals surface area contributed by atoms with Crippen LogP contribution in [0.4, 0.5) is 0 Å². The van der Waals surface area contributed by atoms with Gasteiger partial charge in [-0.2, -0.15) is 5.10 Å². The van der Waals surface area contributed by atoms with E-state index in [1.165, 1.54) is 11.3 Å². The van der Waals surface area contributed by atoms with Gasteiger partial charge in [0.1, 0.15) is 0 Å². The maximum absolute atomic E-state index is 4.73. The van der Waals surface area contributed by atoms with E-state index in [1.807, 2.05) is 6.07 Å². The summed E-state index contributed by atoms with van der Waals surface area (Å²) < 4.78 is 2.16. The Morgan fingerprint density at radius 2 is 2.06 bits per heavy atom. The van der Waals surface area contributed by atoms with Crippen LogP contribution in [0.15, 0.2) is 36.4 Å². The summed E-state index contributed by atoms with van der Waals surface area (Å²) in [7, 11) is 0. The van der Waals surface area contributed by atoms with Gasteiger partial charge in [-0.25, -0.2) is 0 Å². The van der Waals surface area contributed by atoms with E-state index in [2.05, 4.69) is 54.2 Å². The lowest BCUT2D eigenvalue weighted by Crippen LogP contribution is -2.42. The lowest BCUT2D eigenvalue weighted by Gasteiger charge is -2.27. The second kappa shape index (κ2) is 4.58. The first-order valence-corrected chi connectivity index (χ1v) is 6.59. The Bertz CT molecular complexity index is 528. The van der Waals surface area contributed by atoms with Crippen LogP contribution in [0.1, 0.15) is 19.5 Å². The van der Waals surface area contributed by atoms with E-state index in [1.54, 1.807) is 0 Å². The minimum Gasteiger partial charge on any atom is -0.306 e. The van der Waals surface area contributed by atoms with Gasteiger partial charge in [-0.3, -0.25) is 4.68 Å². The SMILES string of the molecule is CC(C)[C@@H]1Cn2nc(-c3ccccc3)cc2CN1. The average molecular weight is 241 g/mol. The molecule has 1 aromatic heterocycles. The van der Waals surface area contributed by atoms with Gasteiger partial charge in [-0.1, -0.05) is 44.2 Å². The van der Waals surface area contributed by atoms with Crippen LogP contribution in [0, 0.1) is 5.92 Å². The third kappa shape index (κ3) is 2.06. The van der Waals surface area contributed by atoms with E-state index in [4.69, 9.17) is 5.10 Å². The van der Waals surface area contributed by atoms with E-state index in [0.717, 1.165) is 18.8 Å². The highest BCUT2D eigenvalue weighted by Gasteiger charge is 2.22. The molecular formula is C15H19N3. The van der Waals surface area contributed by atoms with Crippen molar-refractivity contribution in [3.05, 3.63) is 42.1 Å². The molecule has 0 aliphatic carbocycles. The number of rotatable bonds is 2. The van der Waals surface area contributed by atoms with Crippen LogP contribution < -0.4 is 5.32 Å². The third-order valence-electron chi connectivity index (χ3n) is 3.65. The van der Waals surface area contributed by atoms with Gasteiger partial charge in [0.25, 0.3) is 0 Å². The highest BCUT2D eigenvalue weighted by Crippen LogP contribution is 2.21. The van der Waals surface area contributed by atoms with Gasteiger partial charge in [0, 0.05) is 18.2 Å². The van der Waals surface area contributed by atoms with Crippen molar-refractivity contribution in [3.63, 3.8) is 0 Å². The van der Waals surface area contributed by atoms with Crippen molar-refractivity contribution in [2.45, 2.75) is 33.0 Å². The maximum Gasteiger partial charge on any atom is 0.0926 e. The van der Waals surface area contributed by atoms with Crippen LogP contribution in [-0.4, -0.2) is 15.8 Å². The van der Waals surface area contributed by atoms with Gasteiger partial charge in [0.05, 0.1) is 17.9 Å². The molecule has 1 aromatic carbocycles. The van der Waals surface area contributed by atoms with Crippen LogP contribution in [0.25, 0.3) is 11.3 Å². The van der Waals surface area contributed by atoms with E-state index >= 15 is 0 Å². The number of fused-ring (bicyclic) bond motifs is 1. The zero-order chi connectivity index (χ0) is 12.5. The first kappa shape index (κ1) is 11.5. The molecule has 0 spiro atoms. The molecule has 2 aromatic rings. The van der Waals surface area contributed by atoms with E-state index in [9.17, 15) is 0 Å². The number of nitrogens with zero attached hydrogens (tertiary/aromatic N) is 2. The normalized spacial score (nSPS) is 18.9. The summed E-state index contributed by atoms with van der Waals surface area (Å²) in [6.07, 6.45) is 0. The van der Waals surface area contributed by atoms with Crippen molar-refractivity contribution >= 4 is 0 Å². The smallest absolute Gasteiger partial charge is 0.0926 e. The number of benzene rings is 1. The summed E-state index contributed by atoms with van der Waals surface area (Å²) in [5.41, 5.74) is 3.56. The Kier molecular flexibility index (Phi) is 2.92. The number of aromatic nitrogens is 2. The van der Waals surface area contributed by atoms with Gasteiger partial charge >= 0.3 is 0 Å². The summed E-state index contributed by atoms with van der Waals surface area (Å²) in [5, 5.41) is 8.31. The Morgan fingerprint density at radius 3 is 2.78 bits per heavy atom. The summed E-state index contributed by atoms with van der Waals surface area (Å²) in [4.78, 5) is 0. The van der Waals surface area contributed by atoms with Gasteiger partial charge in [0.15, 0.2) is 0 Å². The standard InChI is InChI=1S/C15H19N3/c1-11(2)15-10-18-13(9-16-15)8-14(17-18)12-6-4-3-5-7-12/h3-8,11,15-16H,9-10H2,1-2H3/t15-/m0/s1. The largest absolute Gasteiger partial charge is 0.306 e. The Morgan fingerprint density at radius 1 is 1.28 bits per heavy atom. The second-order valence-electron chi connectivity index (χ2n) is 5.30. The molecular weight excluding hydrogens is 222 g/mol. The molecule has 1 atom stereocenters. The fraction of sp³-hybridized carbons (Fsp3) is 0.400. The predicted octanol–water partition coefficient (Wildman–Crippen LogP) is 2.68. The molecule has 1 aliphatic rings. The van der Waals surface area contributed by atoms with Crippen LogP contribution >= 0.6 is 0 Å². The number of nitrogens with one attached hydrogen (secondary N) is 1. The minimum absolute atomic E-state index is 0.529. The van der Waals surface area contributed by atoms with E-state index in [0.29, 0.717) is 12.0 Å². The molecule has 1 aliphatic heterocycles. The van der Waals surface area contributed by atoms with E-state index < -0.39 is 0 Å². The lowest BCUT2D eigenvalue weighted by molar-refractivity contribution is 0.302. The van der Waals surface area contributed by atoms with Crippen molar-refractivity contribution in [3.8, 4) is 11.3 Å². The van der Waals surface area contributed by atoms with Crippen molar-refractivity contribution in [2.24, 2.45) is 5.92 Å². The second-order valence-corrected chi connectivity index (χ2v) is 5.30. The van der Waals surface area contributed by atoms with Crippen LogP contribution in [0.2, 0.25) is 0 Å². The molecule has 94 valence electrons. The number of hydrogen-bond acceptors (Lipinski definition) is 2. The van der Waals surface area contributed by atoms with Gasteiger partial charge in [0.2, 0.25) is 0 Å². The highest BCUT2D eigenvalue weighted by atomic mass is 15.3. The quantitative estimate of drug-likeness (QED) is 0.876. The fourth-order valence-corrected chi connectivity index (χ4v) is 2.44. The molecule has 0 unspecified atom stereocenters. The Hall–Kier alpha value is -1.61. The van der Waals surface area contributed by atoms with E-state index in [-0.39, 0.29) is 0 Å². The Labute approximate surface area is 108 Å². The molecule has 0 bridgehead atoms. The van der Waals surface area contributed by atoms with Crippen molar-refractivity contribution in [1.29, 1.82) is 0 Å². The molecule has 0 amide bonds. The fourth-order valence-electron chi connectivity index (χ4n) is 2.44. The van der Waals surface area contributed by atoms with Crippen LogP contribution in [0.5, 0.6) is 0 Å². The molecule has 3 heteroatoms. The van der Waals surface area contributed by atoms with Gasteiger partial charge in [-0.15, -0.1) is 0 Å². The summed E-state index contributed by atoms with van der Waals surface area (Å²) >= 11 is 0. The topological polar surface area (TPSA) is 29.9 Å². The molecule has 0 saturated heterocycles.